The Morgan fingerprint density at radius 1 is 1.05 bits per heavy atom. The maximum absolute atomic E-state index is 12.4. The van der Waals surface area contributed by atoms with Gasteiger partial charge in [-0.25, -0.2) is 4.68 Å². The van der Waals surface area contributed by atoms with Crippen LogP contribution in [0, 0.1) is 6.92 Å². The van der Waals surface area contributed by atoms with Gasteiger partial charge in [-0.1, -0.05) is 42.5 Å². The maximum Gasteiger partial charge on any atom is 0.170 e. The van der Waals surface area contributed by atoms with Crippen LogP contribution in [0.15, 0.2) is 67.0 Å². The molecule has 0 saturated heterocycles. The Bertz CT molecular complexity index is 760. The molecule has 0 unspecified atom stereocenters. The second kappa shape index (κ2) is 5.75. The van der Waals surface area contributed by atoms with Gasteiger partial charge in [0.2, 0.25) is 0 Å². The molecule has 0 amide bonds. The van der Waals surface area contributed by atoms with Gasteiger partial charge in [0.05, 0.1) is 17.4 Å². The summed E-state index contributed by atoms with van der Waals surface area (Å²) in [4.78, 5) is 12.4. The molecule has 3 rings (SSSR count). The molecule has 3 aromatic rings. The molecule has 0 aliphatic rings. The fourth-order valence-electron chi connectivity index (χ4n) is 2.27. The molecule has 2 aromatic carbocycles. The highest BCUT2D eigenvalue weighted by Crippen LogP contribution is 2.13. The number of hydrogen-bond donors (Lipinski definition) is 0. The summed E-state index contributed by atoms with van der Waals surface area (Å²) >= 11 is 0. The highest BCUT2D eigenvalue weighted by Gasteiger charge is 2.11. The zero-order valence-corrected chi connectivity index (χ0v) is 11.9. The fourth-order valence-corrected chi connectivity index (χ4v) is 2.27. The molecule has 1 aromatic heterocycles. The molecular weight excluding hydrogens is 260 g/mol. The van der Waals surface area contributed by atoms with Crippen molar-refractivity contribution in [1.82, 2.24) is 9.78 Å². The predicted molar refractivity (Wildman–Crippen MR) is 82.8 cm³/mol. The molecule has 1 heterocycles. The van der Waals surface area contributed by atoms with E-state index in [4.69, 9.17) is 0 Å². The van der Waals surface area contributed by atoms with Crippen molar-refractivity contribution in [2.75, 3.05) is 0 Å². The molecule has 3 nitrogen and oxygen atoms in total. The van der Waals surface area contributed by atoms with E-state index in [9.17, 15) is 4.79 Å². The van der Waals surface area contributed by atoms with Crippen molar-refractivity contribution in [1.29, 1.82) is 0 Å². The van der Waals surface area contributed by atoms with Crippen molar-refractivity contribution in [2.45, 2.75) is 13.3 Å². The number of ketones is 1. The number of benzene rings is 2. The predicted octanol–water partition coefficient (Wildman–Crippen LogP) is 3.61. The van der Waals surface area contributed by atoms with Gasteiger partial charge in [0, 0.05) is 12.6 Å². The molecule has 0 bridgehead atoms. The molecule has 0 saturated carbocycles. The third-order valence-electron chi connectivity index (χ3n) is 3.54. The van der Waals surface area contributed by atoms with Crippen molar-refractivity contribution in [2.24, 2.45) is 0 Å². The second-order valence-corrected chi connectivity index (χ2v) is 5.04. The number of aryl methyl sites for hydroxylation is 1. The monoisotopic (exact) mass is 276 g/mol. The number of hydrogen-bond acceptors (Lipinski definition) is 2. The molecule has 0 atom stereocenters. The number of carbonyl (C=O) groups excluding carboxylic acids is 1. The quantitative estimate of drug-likeness (QED) is 0.682. The fraction of sp³-hybridized carbons (Fsp3) is 0.111. The van der Waals surface area contributed by atoms with Crippen molar-refractivity contribution < 1.29 is 4.79 Å². The van der Waals surface area contributed by atoms with E-state index >= 15 is 0 Å². The minimum Gasteiger partial charge on any atom is -0.294 e. The lowest BCUT2D eigenvalue weighted by Crippen LogP contribution is -2.03. The van der Waals surface area contributed by atoms with Gasteiger partial charge in [-0.05, 0) is 30.2 Å². The highest BCUT2D eigenvalue weighted by atomic mass is 16.1. The Morgan fingerprint density at radius 3 is 2.52 bits per heavy atom. The highest BCUT2D eigenvalue weighted by molar-refractivity contribution is 5.97. The van der Waals surface area contributed by atoms with Crippen LogP contribution < -0.4 is 0 Å². The van der Waals surface area contributed by atoms with Gasteiger partial charge in [-0.2, -0.15) is 5.10 Å². The second-order valence-electron chi connectivity index (χ2n) is 5.04. The van der Waals surface area contributed by atoms with Crippen LogP contribution in [0.5, 0.6) is 0 Å². The van der Waals surface area contributed by atoms with Gasteiger partial charge < -0.3 is 0 Å². The number of nitrogens with zero attached hydrogens (tertiary/aromatic N) is 2. The van der Waals surface area contributed by atoms with E-state index in [1.165, 1.54) is 0 Å². The molecule has 0 aliphatic carbocycles. The zero-order valence-electron chi connectivity index (χ0n) is 11.9. The lowest BCUT2D eigenvalue weighted by Gasteiger charge is -2.03. The number of rotatable bonds is 4. The Hall–Kier alpha value is -2.68. The normalized spacial score (nSPS) is 10.5. The van der Waals surface area contributed by atoms with Crippen LogP contribution in [-0.4, -0.2) is 15.6 Å². The van der Waals surface area contributed by atoms with E-state index < -0.39 is 0 Å². The van der Waals surface area contributed by atoms with E-state index in [0.29, 0.717) is 12.0 Å². The summed E-state index contributed by atoms with van der Waals surface area (Å²) in [5.74, 6) is 0.0893. The van der Waals surface area contributed by atoms with Gasteiger partial charge >= 0.3 is 0 Å². The van der Waals surface area contributed by atoms with Crippen molar-refractivity contribution in [3.05, 3.63) is 83.7 Å². The number of aromatic nitrogens is 2. The summed E-state index contributed by atoms with van der Waals surface area (Å²) in [5, 5.41) is 4.27. The minimum absolute atomic E-state index is 0.0893. The molecule has 0 radical (unpaired) electrons. The first-order valence-corrected chi connectivity index (χ1v) is 6.92. The molecule has 21 heavy (non-hydrogen) atoms. The summed E-state index contributed by atoms with van der Waals surface area (Å²) in [6, 6.07) is 17.7. The van der Waals surface area contributed by atoms with Crippen LogP contribution in [-0.2, 0) is 6.42 Å². The third-order valence-corrected chi connectivity index (χ3v) is 3.54. The third kappa shape index (κ3) is 2.92. The average Bonchev–Trinajstić information content (AvgIpc) is 3.00. The lowest BCUT2D eigenvalue weighted by atomic mass is 10.0. The van der Waals surface area contributed by atoms with Gasteiger partial charge in [-0.15, -0.1) is 0 Å². The molecular formula is C18H16N2O. The molecule has 3 heteroatoms. The number of carbonyl (C=O) groups is 1. The summed E-state index contributed by atoms with van der Waals surface area (Å²) in [6.07, 6.45) is 3.83. The molecule has 0 aliphatic heterocycles. The van der Waals surface area contributed by atoms with Gasteiger partial charge in [0.25, 0.3) is 0 Å². The van der Waals surface area contributed by atoms with Crippen LogP contribution in [0.3, 0.4) is 0 Å². The van der Waals surface area contributed by atoms with Crippen molar-refractivity contribution in [3.63, 3.8) is 0 Å². The SMILES string of the molecule is Cc1ccccc1CC(=O)c1cnn(-c2ccccc2)c1. The first-order chi connectivity index (χ1) is 10.2. The Labute approximate surface area is 123 Å². The molecule has 104 valence electrons. The Balaban J connectivity index is 1.80. The average molecular weight is 276 g/mol. The van der Waals surface area contributed by atoms with E-state index in [1.54, 1.807) is 17.1 Å². The van der Waals surface area contributed by atoms with E-state index in [1.807, 2.05) is 61.5 Å². The maximum atomic E-state index is 12.4. The summed E-state index contributed by atoms with van der Waals surface area (Å²) in [7, 11) is 0. The first-order valence-electron chi connectivity index (χ1n) is 6.92. The molecule has 0 spiro atoms. The largest absolute Gasteiger partial charge is 0.294 e. The number of para-hydroxylation sites is 1. The van der Waals surface area contributed by atoms with Gasteiger partial charge in [0.1, 0.15) is 0 Å². The topological polar surface area (TPSA) is 34.9 Å². The van der Waals surface area contributed by atoms with Crippen molar-refractivity contribution in [3.8, 4) is 5.69 Å². The summed E-state index contributed by atoms with van der Waals surface area (Å²) < 4.78 is 1.73. The van der Waals surface area contributed by atoms with Crippen LogP contribution in [0.4, 0.5) is 0 Å². The Morgan fingerprint density at radius 2 is 1.76 bits per heavy atom. The van der Waals surface area contributed by atoms with E-state index in [0.717, 1.165) is 16.8 Å². The lowest BCUT2D eigenvalue weighted by molar-refractivity contribution is 0.0993. The first kappa shape index (κ1) is 13.3. The standard InChI is InChI=1S/C18H16N2O/c1-14-7-5-6-8-15(14)11-18(21)16-12-19-20(13-16)17-9-3-2-4-10-17/h2-10,12-13H,11H2,1H3. The summed E-state index contributed by atoms with van der Waals surface area (Å²) in [6.45, 7) is 2.02. The van der Waals surface area contributed by atoms with Crippen LogP contribution in [0.1, 0.15) is 21.5 Å². The van der Waals surface area contributed by atoms with Crippen LogP contribution >= 0.6 is 0 Å². The minimum atomic E-state index is 0.0893. The molecule has 0 fully saturated rings. The molecule has 0 N–H and O–H groups in total. The summed E-state index contributed by atoms with van der Waals surface area (Å²) in [5.41, 5.74) is 3.80. The zero-order chi connectivity index (χ0) is 14.7. The van der Waals surface area contributed by atoms with Crippen LogP contribution in [0.2, 0.25) is 0 Å². The number of Topliss-reactive ketones (excluding diaryl/α,β-unsaturated/α-hetero) is 1. The van der Waals surface area contributed by atoms with Crippen LogP contribution in [0.25, 0.3) is 5.69 Å². The van der Waals surface area contributed by atoms with E-state index in [-0.39, 0.29) is 5.78 Å². The van der Waals surface area contributed by atoms with Gasteiger partial charge in [-0.3, -0.25) is 4.79 Å². The smallest absolute Gasteiger partial charge is 0.170 e. The Kier molecular flexibility index (Phi) is 3.65. The van der Waals surface area contributed by atoms with Gasteiger partial charge in [0.15, 0.2) is 5.78 Å². The van der Waals surface area contributed by atoms with Crippen molar-refractivity contribution >= 4 is 5.78 Å². The van der Waals surface area contributed by atoms with E-state index in [2.05, 4.69) is 5.10 Å².